The van der Waals surface area contributed by atoms with Gasteiger partial charge in [0.2, 0.25) is 11.8 Å². The summed E-state index contributed by atoms with van der Waals surface area (Å²) in [7, 11) is 0. The minimum atomic E-state index is 0.0106. The van der Waals surface area contributed by atoms with Crippen LogP contribution in [-0.4, -0.2) is 67.4 Å². The molecular formula is C15H28N4O2. The number of amides is 2. The van der Waals surface area contributed by atoms with E-state index < -0.39 is 0 Å². The predicted octanol–water partition coefficient (Wildman–Crippen LogP) is -0.0481. The van der Waals surface area contributed by atoms with Gasteiger partial charge >= 0.3 is 0 Å². The van der Waals surface area contributed by atoms with Gasteiger partial charge in [0.05, 0.1) is 6.54 Å². The maximum Gasteiger partial charge on any atom is 0.234 e. The van der Waals surface area contributed by atoms with Crippen LogP contribution < -0.4 is 11.1 Å². The number of nitrogens with zero attached hydrogens (tertiary/aromatic N) is 2. The lowest BCUT2D eigenvalue weighted by atomic mass is 10.1. The van der Waals surface area contributed by atoms with E-state index in [9.17, 15) is 9.59 Å². The lowest BCUT2D eigenvalue weighted by Crippen LogP contribution is -2.51. The van der Waals surface area contributed by atoms with Crippen molar-refractivity contribution < 1.29 is 9.59 Å². The first-order chi connectivity index (χ1) is 10.2. The largest absolute Gasteiger partial charge is 0.352 e. The number of rotatable bonds is 9. The van der Waals surface area contributed by atoms with E-state index in [1.54, 1.807) is 6.08 Å². The van der Waals surface area contributed by atoms with E-state index in [0.29, 0.717) is 39.1 Å². The molecule has 0 spiro atoms. The molecular weight excluding hydrogens is 268 g/mol. The zero-order valence-electron chi connectivity index (χ0n) is 12.9. The Hall–Kier alpha value is -1.40. The molecule has 0 aromatic heterocycles. The summed E-state index contributed by atoms with van der Waals surface area (Å²) in [5, 5.41) is 2.76. The Bertz CT molecular complexity index is 339. The Labute approximate surface area is 127 Å². The maximum absolute atomic E-state index is 12.0. The molecule has 2 amide bonds. The van der Waals surface area contributed by atoms with Crippen LogP contribution in [0.25, 0.3) is 0 Å². The highest BCUT2D eigenvalue weighted by molar-refractivity contribution is 5.78. The molecule has 1 aliphatic rings. The van der Waals surface area contributed by atoms with Crippen molar-refractivity contribution in [3.8, 4) is 0 Å². The molecule has 21 heavy (non-hydrogen) atoms. The highest BCUT2D eigenvalue weighted by Gasteiger charge is 2.21. The van der Waals surface area contributed by atoms with Gasteiger partial charge in [-0.15, -0.1) is 6.58 Å². The van der Waals surface area contributed by atoms with Crippen LogP contribution in [0.4, 0.5) is 0 Å². The fourth-order valence-electron chi connectivity index (χ4n) is 2.36. The van der Waals surface area contributed by atoms with Gasteiger partial charge in [-0.3, -0.25) is 14.5 Å². The molecule has 0 saturated carbocycles. The normalized spacial score (nSPS) is 15.8. The molecule has 6 nitrogen and oxygen atoms in total. The molecule has 120 valence electrons. The maximum atomic E-state index is 12.0. The molecule has 1 aliphatic heterocycles. The molecule has 1 heterocycles. The van der Waals surface area contributed by atoms with E-state index in [0.717, 1.165) is 32.4 Å². The fraction of sp³-hybridized carbons (Fsp3) is 0.733. The number of carbonyl (C=O) groups excluding carboxylic acids is 2. The van der Waals surface area contributed by atoms with Gasteiger partial charge in [0, 0.05) is 39.1 Å². The summed E-state index contributed by atoms with van der Waals surface area (Å²) >= 11 is 0. The van der Waals surface area contributed by atoms with Gasteiger partial charge < -0.3 is 16.0 Å². The van der Waals surface area contributed by atoms with Gasteiger partial charge in [0.1, 0.15) is 0 Å². The number of piperazine rings is 1. The Morgan fingerprint density at radius 1 is 1.14 bits per heavy atom. The zero-order valence-corrected chi connectivity index (χ0v) is 12.9. The van der Waals surface area contributed by atoms with Gasteiger partial charge in [-0.1, -0.05) is 12.5 Å². The quantitative estimate of drug-likeness (QED) is 0.462. The Morgan fingerprint density at radius 2 is 1.86 bits per heavy atom. The molecule has 1 fully saturated rings. The van der Waals surface area contributed by atoms with Crippen LogP contribution in [0.3, 0.4) is 0 Å². The van der Waals surface area contributed by atoms with Gasteiger partial charge in [-0.05, 0) is 19.4 Å². The van der Waals surface area contributed by atoms with Crippen LogP contribution in [0, 0.1) is 0 Å². The van der Waals surface area contributed by atoms with Crippen molar-refractivity contribution in [2.75, 3.05) is 45.8 Å². The predicted molar refractivity (Wildman–Crippen MR) is 83.7 cm³/mol. The number of nitrogens with two attached hydrogens (primary N) is 1. The first kappa shape index (κ1) is 17.7. The fourth-order valence-corrected chi connectivity index (χ4v) is 2.36. The summed E-state index contributed by atoms with van der Waals surface area (Å²) in [6.45, 7) is 8.10. The van der Waals surface area contributed by atoms with E-state index in [2.05, 4.69) is 16.8 Å². The highest BCUT2D eigenvalue weighted by atomic mass is 16.2. The van der Waals surface area contributed by atoms with Crippen molar-refractivity contribution in [1.82, 2.24) is 15.1 Å². The molecule has 3 N–H and O–H groups in total. The van der Waals surface area contributed by atoms with E-state index in [1.807, 2.05) is 4.90 Å². The standard InChI is InChI=1S/C15H28N4O2/c1-2-8-17-14(20)13-18-9-11-19(12-10-18)15(21)6-4-3-5-7-16/h2H,1,3-13,16H2,(H,17,20). The van der Waals surface area contributed by atoms with Crippen LogP contribution in [0.5, 0.6) is 0 Å². The van der Waals surface area contributed by atoms with Gasteiger partial charge in [-0.2, -0.15) is 0 Å². The van der Waals surface area contributed by atoms with Crippen molar-refractivity contribution in [3.63, 3.8) is 0 Å². The Balaban J connectivity index is 2.17. The summed E-state index contributed by atoms with van der Waals surface area (Å²) in [6.07, 6.45) is 5.20. The van der Waals surface area contributed by atoms with E-state index in [-0.39, 0.29) is 11.8 Å². The second-order valence-electron chi connectivity index (χ2n) is 5.35. The minimum absolute atomic E-state index is 0.0106. The summed E-state index contributed by atoms with van der Waals surface area (Å²) in [5.74, 6) is 0.235. The Morgan fingerprint density at radius 3 is 2.48 bits per heavy atom. The molecule has 1 saturated heterocycles. The van der Waals surface area contributed by atoms with Crippen LogP contribution in [0.1, 0.15) is 25.7 Å². The first-order valence-electron chi connectivity index (χ1n) is 7.75. The van der Waals surface area contributed by atoms with Crippen molar-refractivity contribution in [2.24, 2.45) is 5.73 Å². The average Bonchev–Trinajstić information content (AvgIpc) is 2.50. The lowest BCUT2D eigenvalue weighted by Gasteiger charge is -2.34. The third kappa shape index (κ3) is 7.24. The summed E-state index contributed by atoms with van der Waals surface area (Å²) in [4.78, 5) is 27.6. The zero-order chi connectivity index (χ0) is 15.5. The lowest BCUT2D eigenvalue weighted by molar-refractivity contribution is -0.133. The van der Waals surface area contributed by atoms with Gasteiger partial charge in [-0.25, -0.2) is 0 Å². The van der Waals surface area contributed by atoms with Crippen LogP contribution in [-0.2, 0) is 9.59 Å². The van der Waals surface area contributed by atoms with Gasteiger partial charge in [0.25, 0.3) is 0 Å². The number of hydrogen-bond acceptors (Lipinski definition) is 4. The number of carbonyl (C=O) groups is 2. The molecule has 0 atom stereocenters. The molecule has 0 aromatic carbocycles. The van der Waals surface area contributed by atoms with Gasteiger partial charge in [0.15, 0.2) is 0 Å². The molecule has 0 aromatic rings. The number of hydrogen-bond donors (Lipinski definition) is 2. The van der Waals surface area contributed by atoms with Crippen molar-refractivity contribution in [3.05, 3.63) is 12.7 Å². The second-order valence-corrected chi connectivity index (χ2v) is 5.35. The van der Waals surface area contributed by atoms with E-state index in [4.69, 9.17) is 5.73 Å². The monoisotopic (exact) mass is 296 g/mol. The average molecular weight is 296 g/mol. The van der Waals surface area contributed by atoms with Crippen LogP contribution in [0.2, 0.25) is 0 Å². The van der Waals surface area contributed by atoms with Crippen LogP contribution in [0.15, 0.2) is 12.7 Å². The molecule has 0 radical (unpaired) electrons. The topological polar surface area (TPSA) is 78.7 Å². The second kappa shape index (κ2) is 10.3. The van der Waals surface area contributed by atoms with Crippen LogP contribution >= 0.6 is 0 Å². The van der Waals surface area contributed by atoms with Crippen molar-refractivity contribution in [1.29, 1.82) is 0 Å². The number of unbranched alkanes of at least 4 members (excludes halogenated alkanes) is 2. The third-order valence-electron chi connectivity index (χ3n) is 3.63. The minimum Gasteiger partial charge on any atom is -0.352 e. The van der Waals surface area contributed by atoms with E-state index in [1.165, 1.54) is 0 Å². The number of nitrogens with one attached hydrogen (secondary N) is 1. The van der Waals surface area contributed by atoms with Crippen molar-refractivity contribution in [2.45, 2.75) is 25.7 Å². The smallest absolute Gasteiger partial charge is 0.234 e. The molecule has 0 aliphatic carbocycles. The van der Waals surface area contributed by atoms with Crippen molar-refractivity contribution >= 4 is 11.8 Å². The first-order valence-corrected chi connectivity index (χ1v) is 7.75. The third-order valence-corrected chi connectivity index (χ3v) is 3.63. The molecule has 0 unspecified atom stereocenters. The molecule has 1 rings (SSSR count). The Kier molecular flexibility index (Phi) is 8.69. The highest BCUT2D eigenvalue weighted by Crippen LogP contribution is 2.07. The SMILES string of the molecule is C=CCNC(=O)CN1CCN(C(=O)CCCCCN)CC1. The summed E-state index contributed by atoms with van der Waals surface area (Å²) in [5.41, 5.74) is 5.43. The molecule has 0 bridgehead atoms. The summed E-state index contributed by atoms with van der Waals surface area (Å²) < 4.78 is 0. The molecule has 6 heteroatoms. The van der Waals surface area contributed by atoms with E-state index >= 15 is 0 Å². The summed E-state index contributed by atoms with van der Waals surface area (Å²) in [6, 6.07) is 0.